The molecule has 30 heavy (non-hydrogen) atoms. The molecule has 1 atom stereocenters. The maximum absolute atomic E-state index is 11.2. The number of ether oxygens (including phenoxy) is 1. The quantitative estimate of drug-likeness (QED) is 0.489. The van der Waals surface area contributed by atoms with Crippen LogP contribution in [0, 0.1) is 0 Å². The van der Waals surface area contributed by atoms with Crippen molar-refractivity contribution in [1.29, 1.82) is 0 Å². The summed E-state index contributed by atoms with van der Waals surface area (Å²) in [5.41, 5.74) is 5.05. The second-order valence-corrected chi connectivity index (χ2v) is 7.76. The molecule has 3 aromatic carbocycles. The van der Waals surface area contributed by atoms with Crippen LogP contribution in [0.2, 0.25) is 5.02 Å². The number of nitrogens with one attached hydrogen (secondary N) is 1. The molecular formula is C24H22ClNO4. The van der Waals surface area contributed by atoms with Gasteiger partial charge in [0.05, 0.1) is 11.7 Å². The topological polar surface area (TPSA) is 78.8 Å². The molecule has 0 saturated carbocycles. The van der Waals surface area contributed by atoms with Gasteiger partial charge in [-0.15, -0.1) is 0 Å². The lowest BCUT2D eigenvalue weighted by Gasteiger charge is -2.22. The van der Waals surface area contributed by atoms with Crippen LogP contribution in [-0.2, 0) is 13.0 Å². The van der Waals surface area contributed by atoms with Gasteiger partial charge in [0.1, 0.15) is 12.4 Å². The minimum atomic E-state index is -0.938. The van der Waals surface area contributed by atoms with Gasteiger partial charge in [0.15, 0.2) is 0 Å². The lowest BCUT2D eigenvalue weighted by molar-refractivity contribution is 0.0696. The first-order valence-electron chi connectivity index (χ1n) is 9.78. The first-order valence-corrected chi connectivity index (χ1v) is 10.2. The van der Waals surface area contributed by atoms with E-state index in [4.69, 9.17) is 21.4 Å². The summed E-state index contributed by atoms with van der Waals surface area (Å²) in [6.07, 6.45) is 0.187. The van der Waals surface area contributed by atoms with E-state index in [0.29, 0.717) is 18.2 Å². The van der Waals surface area contributed by atoms with Gasteiger partial charge in [-0.2, -0.15) is 0 Å². The van der Waals surface area contributed by atoms with Gasteiger partial charge < -0.3 is 20.3 Å². The molecule has 0 aliphatic carbocycles. The van der Waals surface area contributed by atoms with Crippen molar-refractivity contribution in [2.24, 2.45) is 0 Å². The van der Waals surface area contributed by atoms with Crippen LogP contribution in [0.4, 0.5) is 0 Å². The number of carbonyl (C=O) groups is 1. The number of fused-ring (bicyclic) bond motifs is 3. The maximum atomic E-state index is 11.2. The van der Waals surface area contributed by atoms with Gasteiger partial charge in [0.2, 0.25) is 0 Å². The first kappa shape index (κ1) is 20.4. The molecule has 3 aromatic rings. The van der Waals surface area contributed by atoms with Crippen molar-refractivity contribution in [3.05, 3.63) is 87.9 Å². The van der Waals surface area contributed by atoms with Crippen LogP contribution < -0.4 is 10.1 Å². The summed E-state index contributed by atoms with van der Waals surface area (Å²) < 4.78 is 5.87. The SMILES string of the molecule is O=C(O)c1ccc2c(c1)COc1cc(CCNC[C@H](O)c3cccc(Cl)c3)ccc1-2. The third-order valence-electron chi connectivity index (χ3n) is 5.23. The van der Waals surface area contributed by atoms with Gasteiger partial charge in [0.25, 0.3) is 0 Å². The molecule has 4 rings (SSSR count). The second-order valence-electron chi connectivity index (χ2n) is 7.32. The first-order chi connectivity index (χ1) is 14.5. The van der Waals surface area contributed by atoms with E-state index in [1.54, 1.807) is 24.3 Å². The third-order valence-corrected chi connectivity index (χ3v) is 5.47. The fourth-order valence-electron chi connectivity index (χ4n) is 3.63. The Kier molecular flexibility index (Phi) is 6.04. The zero-order valence-electron chi connectivity index (χ0n) is 16.3. The number of carboxylic acids is 1. The van der Waals surface area contributed by atoms with Crippen molar-refractivity contribution in [2.75, 3.05) is 13.1 Å². The van der Waals surface area contributed by atoms with E-state index in [2.05, 4.69) is 11.4 Å². The largest absolute Gasteiger partial charge is 0.488 e. The summed E-state index contributed by atoms with van der Waals surface area (Å²) in [4.78, 5) is 11.2. The Balaban J connectivity index is 1.36. The number of benzene rings is 3. The highest BCUT2D eigenvalue weighted by Gasteiger charge is 2.19. The van der Waals surface area contributed by atoms with E-state index in [1.165, 1.54) is 0 Å². The van der Waals surface area contributed by atoms with E-state index < -0.39 is 12.1 Å². The van der Waals surface area contributed by atoms with Crippen LogP contribution in [0.25, 0.3) is 11.1 Å². The molecule has 0 bridgehead atoms. The van der Waals surface area contributed by atoms with Crippen LogP contribution >= 0.6 is 11.6 Å². The Morgan fingerprint density at radius 3 is 2.73 bits per heavy atom. The van der Waals surface area contributed by atoms with E-state index in [9.17, 15) is 9.90 Å². The minimum Gasteiger partial charge on any atom is -0.488 e. The monoisotopic (exact) mass is 423 g/mol. The molecule has 1 heterocycles. The summed E-state index contributed by atoms with van der Waals surface area (Å²) in [6, 6.07) is 18.5. The van der Waals surface area contributed by atoms with Crippen LogP contribution in [0.3, 0.4) is 0 Å². The van der Waals surface area contributed by atoms with Crippen LogP contribution in [0.1, 0.15) is 33.2 Å². The number of carboxylic acid groups (broad SMARTS) is 1. The summed E-state index contributed by atoms with van der Waals surface area (Å²) in [7, 11) is 0. The van der Waals surface area contributed by atoms with Crippen molar-refractivity contribution in [1.82, 2.24) is 5.32 Å². The summed E-state index contributed by atoms with van der Waals surface area (Å²) in [5.74, 6) is -0.131. The molecule has 3 N–H and O–H groups in total. The molecular weight excluding hydrogens is 402 g/mol. The maximum Gasteiger partial charge on any atom is 0.335 e. The standard InChI is InChI=1S/C24H22ClNO4/c25-19-3-1-2-16(12-19)22(27)13-26-9-8-15-4-6-21-20-7-5-17(24(28)29)11-18(20)14-30-23(21)10-15/h1-7,10-12,22,26-27H,8-9,13-14H2,(H,28,29)/t22-/m0/s1. The van der Waals surface area contributed by atoms with Gasteiger partial charge in [-0.25, -0.2) is 4.79 Å². The van der Waals surface area contributed by atoms with Crippen molar-refractivity contribution in [3.63, 3.8) is 0 Å². The number of rotatable bonds is 7. The third kappa shape index (κ3) is 4.49. The second kappa shape index (κ2) is 8.88. The summed E-state index contributed by atoms with van der Waals surface area (Å²) >= 11 is 5.97. The summed E-state index contributed by atoms with van der Waals surface area (Å²) in [6.45, 7) is 1.52. The van der Waals surface area contributed by atoms with Gasteiger partial charge in [0, 0.05) is 17.1 Å². The number of hydrogen-bond donors (Lipinski definition) is 3. The molecule has 0 fully saturated rings. The van der Waals surface area contributed by atoms with Crippen molar-refractivity contribution in [3.8, 4) is 16.9 Å². The molecule has 0 amide bonds. The molecule has 5 nitrogen and oxygen atoms in total. The van der Waals surface area contributed by atoms with Crippen LogP contribution in [0.15, 0.2) is 60.7 Å². The molecule has 0 unspecified atom stereocenters. The predicted octanol–water partition coefficient (Wildman–Crippen LogP) is 4.46. The Labute approximate surface area is 179 Å². The van der Waals surface area contributed by atoms with Gasteiger partial charge in [-0.3, -0.25) is 0 Å². The highest BCUT2D eigenvalue weighted by atomic mass is 35.5. The van der Waals surface area contributed by atoms with Crippen LogP contribution in [0.5, 0.6) is 5.75 Å². The van der Waals surface area contributed by atoms with Gasteiger partial charge >= 0.3 is 5.97 Å². The Hall–Kier alpha value is -2.86. The lowest BCUT2D eigenvalue weighted by atomic mass is 9.94. The average Bonchev–Trinajstić information content (AvgIpc) is 2.75. The Morgan fingerprint density at radius 2 is 1.93 bits per heavy atom. The van der Waals surface area contributed by atoms with E-state index in [1.807, 2.05) is 30.3 Å². The number of aliphatic hydroxyl groups is 1. The summed E-state index contributed by atoms with van der Waals surface area (Å²) in [5, 5.41) is 23.3. The lowest BCUT2D eigenvalue weighted by Crippen LogP contribution is -2.23. The molecule has 0 aromatic heterocycles. The molecule has 0 saturated heterocycles. The average molecular weight is 424 g/mol. The van der Waals surface area contributed by atoms with Gasteiger partial charge in [-0.1, -0.05) is 41.9 Å². The highest BCUT2D eigenvalue weighted by Crippen LogP contribution is 2.38. The zero-order chi connectivity index (χ0) is 21.1. The molecule has 1 aliphatic rings. The van der Waals surface area contributed by atoms with Crippen molar-refractivity contribution < 1.29 is 19.7 Å². The Morgan fingerprint density at radius 1 is 1.10 bits per heavy atom. The van der Waals surface area contributed by atoms with Gasteiger partial charge in [-0.05, 0) is 65.6 Å². The smallest absolute Gasteiger partial charge is 0.335 e. The van der Waals surface area contributed by atoms with E-state index >= 15 is 0 Å². The van der Waals surface area contributed by atoms with E-state index in [0.717, 1.165) is 46.5 Å². The number of aromatic carboxylic acids is 1. The van der Waals surface area contributed by atoms with E-state index in [-0.39, 0.29) is 5.56 Å². The fraction of sp³-hybridized carbons (Fsp3) is 0.208. The number of halogens is 1. The Bertz CT molecular complexity index is 1080. The highest BCUT2D eigenvalue weighted by molar-refractivity contribution is 6.30. The number of hydrogen-bond acceptors (Lipinski definition) is 4. The normalized spacial score (nSPS) is 13.1. The molecule has 1 aliphatic heterocycles. The molecule has 0 spiro atoms. The van der Waals surface area contributed by atoms with Crippen molar-refractivity contribution >= 4 is 17.6 Å². The molecule has 6 heteroatoms. The molecule has 0 radical (unpaired) electrons. The minimum absolute atomic E-state index is 0.267. The molecule has 154 valence electrons. The van der Waals surface area contributed by atoms with Crippen LogP contribution in [-0.4, -0.2) is 29.3 Å². The zero-order valence-corrected chi connectivity index (χ0v) is 17.0. The van der Waals surface area contributed by atoms with Crippen molar-refractivity contribution in [2.45, 2.75) is 19.1 Å². The fourth-order valence-corrected chi connectivity index (χ4v) is 3.83. The predicted molar refractivity (Wildman–Crippen MR) is 116 cm³/mol. The number of aliphatic hydroxyl groups excluding tert-OH is 1.